The first-order valence-electron chi connectivity index (χ1n) is 3.38. The molecule has 5 nitrogen and oxygen atoms in total. The van der Waals surface area contributed by atoms with Crippen LogP contribution in [0.4, 0.5) is 0 Å². The summed E-state index contributed by atoms with van der Waals surface area (Å²) in [5, 5.41) is 36.0. The summed E-state index contributed by atoms with van der Waals surface area (Å²) < 4.78 is 4.73. The number of aliphatic hydroxyl groups is 4. The van der Waals surface area contributed by atoms with Gasteiger partial charge in [0.2, 0.25) is 5.79 Å². The fourth-order valence-corrected chi connectivity index (χ4v) is 1.12. The van der Waals surface area contributed by atoms with E-state index in [9.17, 15) is 5.11 Å². The SMILES string of the molecule is CC1O[C@](O)(CO)[C@@H](O)[C@@H]1O. The van der Waals surface area contributed by atoms with Crippen LogP contribution in [0.5, 0.6) is 0 Å². The molecule has 1 rings (SSSR count). The van der Waals surface area contributed by atoms with Gasteiger partial charge in [-0.2, -0.15) is 0 Å². The Morgan fingerprint density at radius 2 is 2.00 bits per heavy atom. The lowest BCUT2D eigenvalue weighted by atomic mass is 10.1. The van der Waals surface area contributed by atoms with Crippen molar-refractivity contribution >= 4 is 0 Å². The average Bonchev–Trinajstić information content (AvgIpc) is 2.17. The third kappa shape index (κ3) is 1.25. The molecule has 0 bridgehead atoms. The van der Waals surface area contributed by atoms with E-state index in [-0.39, 0.29) is 0 Å². The number of aliphatic hydroxyl groups excluding tert-OH is 3. The number of hydrogen-bond donors (Lipinski definition) is 4. The van der Waals surface area contributed by atoms with Crippen molar-refractivity contribution < 1.29 is 25.2 Å². The van der Waals surface area contributed by atoms with Crippen molar-refractivity contribution in [1.29, 1.82) is 0 Å². The predicted molar refractivity (Wildman–Crippen MR) is 34.6 cm³/mol. The Balaban J connectivity index is 2.73. The van der Waals surface area contributed by atoms with E-state index >= 15 is 0 Å². The number of hydrogen-bond acceptors (Lipinski definition) is 5. The van der Waals surface area contributed by atoms with Crippen molar-refractivity contribution in [2.75, 3.05) is 6.61 Å². The van der Waals surface area contributed by atoms with Crippen LogP contribution >= 0.6 is 0 Å². The Bertz CT molecular complexity index is 150. The van der Waals surface area contributed by atoms with Gasteiger partial charge in [0.1, 0.15) is 12.2 Å². The third-order valence-corrected chi connectivity index (χ3v) is 1.88. The van der Waals surface area contributed by atoms with E-state index in [0.29, 0.717) is 0 Å². The second-order valence-corrected chi connectivity index (χ2v) is 2.76. The summed E-state index contributed by atoms with van der Waals surface area (Å²) >= 11 is 0. The van der Waals surface area contributed by atoms with Gasteiger partial charge in [0.25, 0.3) is 0 Å². The Kier molecular flexibility index (Phi) is 2.17. The topological polar surface area (TPSA) is 90.2 Å². The summed E-state index contributed by atoms with van der Waals surface area (Å²) in [6.07, 6.45) is -3.25. The molecule has 0 spiro atoms. The zero-order valence-electron chi connectivity index (χ0n) is 6.14. The van der Waals surface area contributed by atoms with Crippen LogP contribution in [0.1, 0.15) is 6.92 Å². The van der Waals surface area contributed by atoms with E-state index in [1.807, 2.05) is 0 Å². The van der Waals surface area contributed by atoms with Crippen molar-refractivity contribution in [1.82, 2.24) is 0 Å². The Morgan fingerprint density at radius 1 is 1.45 bits per heavy atom. The maximum atomic E-state index is 9.23. The monoisotopic (exact) mass is 164 g/mol. The number of ether oxygens (including phenoxy) is 1. The molecule has 0 amide bonds. The van der Waals surface area contributed by atoms with Crippen LogP contribution in [0, 0.1) is 0 Å². The maximum Gasteiger partial charge on any atom is 0.219 e. The molecular weight excluding hydrogens is 152 g/mol. The molecule has 66 valence electrons. The first kappa shape index (κ1) is 8.89. The van der Waals surface area contributed by atoms with Crippen LogP contribution in [-0.4, -0.2) is 51.1 Å². The third-order valence-electron chi connectivity index (χ3n) is 1.88. The largest absolute Gasteiger partial charge is 0.391 e. The van der Waals surface area contributed by atoms with Gasteiger partial charge in [0.15, 0.2) is 0 Å². The van der Waals surface area contributed by atoms with E-state index < -0.39 is 30.7 Å². The minimum Gasteiger partial charge on any atom is -0.391 e. The Labute approximate surface area is 63.8 Å². The van der Waals surface area contributed by atoms with Crippen molar-refractivity contribution in [2.45, 2.75) is 31.0 Å². The van der Waals surface area contributed by atoms with Gasteiger partial charge >= 0.3 is 0 Å². The van der Waals surface area contributed by atoms with E-state index in [1.165, 1.54) is 6.92 Å². The predicted octanol–water partition coefficient (Wildman–Crippen LogP) is -2.19. The second-order valence-electron chi connectivity index (χ2n) is 2.76. The minimum atomic E-state index is -2.00. The molecule has 1 unspecified atom stereocenters. The summed E-state index contributed by atoms with van der Waals surface area (Å²) in [5.74, 6) is -2.00. The molecule has 1 aliphatic rings. The van der Waals surface area contributed by atoms with Crippen LogP contribution in [0.3, 0.4) is 0 Å². The lowest BCUT2D eigenvalue weighted by Crippen LogP contribution is -2.46. The van der Waals surface area contributed by atoms with Crippen LogP contribution in [0.15, 0.2) is 0 Å². The number of rotatable bonds is 1. The van der Waals surface area contributed by atoms with Gasteiger partial charge in [0, 0.05) is 0 Å². The molecule has 0 aromatic heterocycles. The smallest absolute Gasteiger partial charge is 0.219 e. The molecule has 0 radical (unpaired) electrons. The normalized spacial score (nSPS) is 51.5. The molecule has 0 saturated carbocycles. The fraction of sp³-hybridized carbons (Fsp3) is 1.00. The second kappa shape index (κ2) is 2.69. The summed E-state index contributed by atoms with van der Waals surface area (Å²) in [5.41, 5.74) is 0. The minimum absolute atomic E-state index is 0.665. The molecule has 1 fully saturated rings. The molecular formula is C6H12O5. The van der Waals surface area contributed by atoms with Crippen LogP contribution in [-0.2, 0) is 4.74 Å². The summed E-state index contributed by atoms with van der Waals surface area (Å²) in [4.78, 5) is 0. The summed E-state index contributed by atoms with van der Waals surface area (Å²) in [7, 11) is 0. The van der Waals surface area contributed by atoms with E-state index in [0.717, 1.165) is 0 Å². The lowest BCUT2D eigenvalue weighted by Gasteiger charge is -2.22. The van der Waals surface area contributed by atoms with E-state index in [1.54, 1.807) is 0 Å². The first-order chi connectivity index (χ1) is 5.01. The highest BCUT2D eigenvalue weighted by Crippen LogP contribution is 2.28. The van der Waals surface area contributed by atoms with Crippen molar-refractivity contribution in [3.8, 4) is 0 Å². The summed E-state index contributed by atoms with van der Waals surface area (Å²) in [6.45, 7) is 0.775. The van der Waals surface area contributed by atoms with Gasteiger partial charge in [-0.15, -0.1) is 0 Å². The van der Waals surface area contributed by atoms with Gasteiger partial charge in [0.05, 0.1) is 12.7 Å². The maximum absolute atomic E-state index is 9.23. The Hall–Kier alpha value is -0.200. The molecule has 1 saturated heterocycles. The molecule has 0 aliphatic carbocycles. The van der Waals surface area contributed by atoms with Crippen molar-refractivity contribution in [3.05, 3.63) is 0 Å². The quantitative estimate of drug-likeness (QED) is 0.353. The molecule has 11 heavy (non-hydrogen) atoms. The van der Waals surface area contributed by atoms with Gasteiger partial charge in [-0.1, -0.05) is 0 Å². The summed E-state index contributed by atoms with van der Waals surface area (Å²) in [6, 6.07) is 0. The molecule has 0 aromatic rings. The molecule has 0 aromatic carbocycles. The van der Waals surface area contributed by atoms with Gasteiger partial charge in [-0.05, 0) is 6.92 Å². The Morgan fingerprint density at radius 3 is 2.18 bits per heavy atom. The van der Waals surface area contributed by atoms with E-state index in [2.05, 4.69) is 0 Å². The zero-order chi connectivity index (χ0) is 8.65. The highest BCUT2D eigenvalue weighted by Gasteiger charge is 2.51. The van der Waals surface area contributed by atoms with Crippen LogP contribution in [0.25, 0.3) is 0 Å². The van der Waals surface area contributed by atoms with Crippen LogP contribution < -0.4 is 0 Å². The highest BCUT2D eigenvalue weighted by atomic mass is 16.7. The van der Waals surface area contributed by atoms with Crippen LogP contribution in [0.2, 0.25) is 0 Å². The van der Waals surface area contributed by atoms with Gasteiger partial charge in [-0.25, -0.2) is 0 Å². The highest BCUT2D eigenvalue weighted by molar-refractivity contribution is 4.93. The average molecular weight is 164 g/mol. The van der Waals surface area contributed by atoms with Crippen molar-refractivity contribution in [2.24, 2.45) is 0 Å². The standard InChI is InChI=1S/C6H12O5/c1-3-4(8)5(9)6(10,2-7)11-3/h3-5,7-10H,2H2,1H3/t3?,4-,5+,6-/m1/s1. The molecule has 4 N–H and O–H groups in total. The molecule has 5 heteroatoms. The van der Waals surface area contributed by atoms with Gasteiger partial charge in [-0.3, -0.25) is 0 Å². The first-order valence-corrected chi connectivity index (χ1v) is 3.38. The van der Waals surface area contributed by atoms with Gasteiger partial charge < -0.3 is 25.2 Å². The molecule has 1 heterocycles. The zero-order valence-corrected chi connectivity index (χ0v) is 6.14. The fourth-order valence-electron chi connectivity index (χ4n) is 1.12. The lowest BCUT2D eigenvalue weighted by molar-refractivity contribution is -0.243. The molecule has 1 aliphatic heterocycles. The van der Waals surface area contributed by atoms with Crippen molar-refractivity contribution in [3.63, 3.8) is 0 Å². The van der Waals surface area contributed by atoms with E-state index in [4.69, 9.17) is 20.1 Å². The molecule has 4 atom stereocenters.